The Labute approximate surface area is 790 Å². The van der Waals surface area contributed by atoms with E-state index in [0.29, 0.717) is 362 Å². The maximum absolute atomic E-state index is 12.8. The molecule has 5 rings (SSSR count). The second-order valence-electron chi connectivity index (χ2n) is 32.0. The molecule has 0 radical (unpaired) electrons. The van der Waals surface area contributed by atoms with Crippen molar-refractivity contribution in [3.63, 3.8) is 0 Å². The van der Waals surface area contributed by atoms with Crippen LogP contribution in [0.5, 0.6) is 0 Å². The van der Waals surface area contributed by atoms with Gasteiger partial charge in [-0.1, -0.05) is 56.2 Å². The predicted octanol–water partition coefficient (Wildman–Crippen LogP) is 7.89. The third kappa shape index (κ3) is 55.9. The second-order valence-corrected chi connectivity index (χ2v) is 33.5. The monoisotopic (exact) mass is 1910 g/mol. The van der Waals surface area contributed by atoms with E-state index in [4.69, 9.17) is 114 Å². The molecule has 37 heteroatoms. The standard InChI is InChI=1S/C96H159N5O31S/c1-83-23-25-87-85(81-83)95(2,3)89(99(87)31-16-8-13-21-91(102)97-29-15-10-18-33-101-93(104)27-28-94(101)105)19-11-7-12-20-90-96(4,5)86-82-84(133(106,107)108)24-26-88(86)100(90)32-17-9-14-22-92(103)98-30-34-110-37-38-112-41-42-114-45-46-116-49-50-118-53-54-120-57-58-122-61-62-124-65-66-126-69-70-128-73-74-130-77-78-132-80-79-131-76-75-129-72-71-127-68-67-125-64-63-123-60-59-121-56-55-119-52-51-117-48-47-115-44-43-113-40-39-111-36-35-109-6/h7,11-12,19-20,23-28,81-82H,8-10,13-18,21-22,29-80H2,1-6H3,(H2-,97,98,102,103,106,107,108)/p+1. The summed E-state index contributed by atoms with van der Waals surface area (Å²) in [4.78, 5) is 52.6. The summed E-state index contributed by atoms with van der Waals surface area (Å²) in [6.45, 7) is 35.7. The zero-order valence-electron chi connectivity index (χ0n) is 80.5. The van der Waals surface area contributed by atoms with Gasteiger partial charge < -0.3 is 129 Å². The van der Waals surface area contributed by atoms with Crippen molar-refractivity contribution >= 4 is 50.8 Å². The Bertz CT molecular complexity index is 3610. The first-order valence-corrected chi connectivity index (χ1v) is 49.0. The largest absolute Gasteiger partial charge is 0.382 e. The van der Waals surface area contributed by atoms with Gasteiger partial charge in [-0.25, -0.2) is 0 Å². The number of anilines is 1. The number of fused-ring (bicyclic) bond motifs is 2. The van der Waals surface area contributed by atoms with Gasteiger partial charge in [-0.3, -0.25) is 28.6 Å². The molecule has 0 aromatic heterocycles. The van der Waals surface area contributed by atoms with Crippen molar-refractivity contribution in [3.8, 4) is 0 Å². The van der Waals surface area contributed by atoms with E-state index in [0.717, 1.165) is 68.5 Å². The number of unbranched alkanes of at least 4 members (excludes halogenated alkanes) is 6. The van der Waals surface area contributed by atoms with Crippen LogP contribution in [0.15, 0.2) is 89.5 Å². The van der Waals surface area contributed by atoms with Crippen molar-refractivity contribution in [1.82, 2.24) is 15.5 Å². The zero-order chi connectivity index (χ0) is 95.3. The normalized spacial score (nSPS) is 14.5. The number of hydrogen-bond acceptors (Lipinski definition) is 31. The number of rotatable bonds is 94. The lowest BCUT2D eigenvalue weighted by molar-refractivity contribution is -0.438. The summed E-state index contributed by atoms with van der Waals surface area (Å²) < 4.78 is 169. The van der Waals surface area contributed by atoms with E-state index >= 15 is 0 Å². The van der Waals surface area contributed by atoms with Gasteiger partial charge >= 0.3 is 0 Å². The molecular weight excluding hydrogens is 1750 g/mol. The fourth-order valence-corrected chi connectivity index (χ4v) is 14.4. The number of nitrogens with zero attached hydrogens (tertiary/aromatic N) is 3. The summed E-state index contributed by atoms with van der Waals surface area (Å²) in [6, 6.07) is 11.4. The van der Waals surface area contributed by atoms with Crippen LogP contribution >= 0.6 is 0 Å². The van der Waals surface area contributed by atoms with Crippen molar-refractivity contribution in [1.29, 1.82) is 0 Å². The van der Waals surface area contributed by atoms with Gasteiger partial charge in [0.1, 0.15) is 6.54 Å². The summed E-state index contributed by atoms with van der Waals surface area (Å²) >= 11 is 0. The Kier molecular flexibility index (Phi) is 68.7. The molecule has 0 saturated heterocycles. The molecule has 133 heavy (non-hydrogen) atoms. The minimum absolute atomic E-state index is 0.0292. The number of allylic oxidation sites excluding steroid dienone is 6. The highest BCUT2D eigenvalue weighted by Gasteiger charge is 2.45. The highest BCUT2D eigenvalue weighted by Crippen LogP contribution is 2.48. The topological polar surface area (TPSA) is 378 Å². The molecule has 0 unspecified atom stereocenters. The van der Waals surface area contributed by atoms with Crippen molar-refractivity contribution in [2.24, 2.45) is 0 Å². The van der Waals surface area contributed by atoms with Gasteiger partial charge in [0.15, 0.2) is 5.71 Å². The quantitative estimate of drug-likeness (QED) is 0.0186. The highest BCUT2D eigenvalue weighted by molar-refractivity contribution is 7.85. The molecule has 760 valence electrons. The maximum atomic E-state index is 12.8. The average Bonchev–Trinajstić information content (AvgIpc) is 1.59. The fourth-order valence-electron chi connectivity index (χ4n) is 13.9. The lowest BCUT2D eigenvalue weighted by atomic mass is 9.81. The first-order chi connectivity index (χ1) is 65.0. The number of carbonyl (C=O) groups is 4. The Morgan fingerprint density at radius 3 is 1.06 bits per heavy atom. The summed E-state index contributed by atoms with van der Waals surface area (Å²) in [5, 5.41) is 5.96. The molecule has 0 aliphatic carbocycles. The summed E-state index contributed by atoms with van der Waals surface area (Å²) in [7, 11) is -2.80. The van der Waals surface area contributed by atoms with Gasteiger partial charge in [-0.05, 0) is 95.6 Å². The fraction of sp³-hybridized carbons (Fsp3) is 0.740. The molecule has 36 nitrogen and oxygen atoms in total. The number of aryl methyl sites for hydroxylation is 1. The van der Waals surface area contributed by atoms with Crippen LogP contribution in [0.3, 0.4) is 0 Å². The maximum Gasteiger partial charge on any atom is 0.294 e. The molecule has 2 aromatic carbocycles. The minimum atomic E-state index is -4.44. The number of methoxy groups -OCH3 is 1. The van der Waals surface area contributed by atoms with Crippen LogP contribution in [0, 0.1) is 6.92 Å². The van der Waals surface area contributed by atoms with Gasteiger partial charge in [-0.2, -0.15) is 13.0 Å². The molecule has 0 atom stereocenters. The third-order valence-corrected chi connectivity index (χ3v) is 21.8. The lowest BCUT2D eigenvalue weighted by Gasteiger charge is -2.27. The van der Waals surface area contributed by atoms with Crippen LogP contribution in [0.1, 0.15) is 115 Å². The average molecular weight is 1910 g/mol. The number of carbonyl (C=O) groups excluding carboxylic acids is 4. The summed E-state index contributed by atoms with van der Waals surface area (Å²) in [5.74, 6) is -0.555. The van der Waals surface area contributed by atoms with Gasteiger partial charge in [0, 0.05) is 99.2 Å². The number of imide groups is 1. The summed E-state index contributed by atoms with van der Waals surface area (Å²) in [6.07, 6.45) is 20.9. The van der Waals surface area contributed by atoms with E-state index in [2.05, 4.69) is 91.2 Å². The molecule has 3 N–H and O–H groups in total. The van der Waals surface area contributed by atoms with Crippen LogP contribution in [0.2, 0.25) is 0 Å². The van der Waals surface area contributed by atoms with Crippen molar-refractivity contribution in [3.05, 3.63) is 101 Å². The Balaban J connectivity index is 0.717. The van der Waals surface area contributed by atoms with Gasteiger partial charge in [0.05, 0.1) is 321 Å². The van der Waals surface area contributed by atoms with Crippen LogP contribution in [0.4, 0.5) is 11.4 Å². The highest BCUT2D eigenvalue weighted by atomic mass is 32.2. The number of hydrogen-bond donors (Lipinski definition) is 3. The third-order valence-electron chi connectivity index (χ3n) is 21.0. The van der Waals surface area contributed by atoms with Crippen molar-refractivity contribution in [2.75, 3.05) is 355 Å². The molecule has 3 heterocycles. The second kappa shape index (κ2) is 77.8. The van der Waals surface area contributed by atoms with Gasteiger partial charge in [-0.15, -0.1) is 0 Å². The van der Waals surface area contributed by atoms with E-state index in [-0.39, 0.29) is 33.9 Å². The molecule has 0 saturated carbocycles. The molecule has 0 fully saturated rings. The minimum Gasteiger partial charge on any atom is -0.382 e. The number of ether oxygens (including phenoxy) is 24. The molecule has 0 spiro atoms. The van der Waals surface area contributed by atoms with Crippen LogP contribution in [-0.4, -0.2) is 402 Å². The van der Waals surface area contributed by atoms with E-state index in [9.17, 15) is 32.1 Å². The Morgan fingerprint density at radius 1 is 0.368 bits per heavy atom. The molecular formula is C96H160N5O31S+. The smallest absolute Gasteiger partial charge is 0.294 e. The van der Waals surface area contributed by atoms with E-state index < -0.39 is 15.5 Å². The first-order valence-electron chi connectivity index (χ1n) is 47.5. The van der Waals surface area contributed by atoms with E-state index in [1.807, 2.05) is 12.2 Å². The predicted molar refractivity (Wildman–Crippen MR) is 500 cm³/mol. The Hall–Kier alpha value is -6.10. The number of amides is 4. The molecule has 2 aromatic rings. The van der Waals surface area contributed by atoms with Crippen LogP contribution in [-0.2, 0) is 154 Å². The van der Waals surface area contributed by atoms with Crippen LogP contribution in [0.25, 0.3) is 0 Å². The van der Waals surface area contributed by atoms with Gasteiger partial charge in [0.2, 0.25) is 17.5 Å². The molecule has 3 aliphatic rings. The lowest BCUT2D eigenvalue weighted by Crippen LogP contribution is -2.31. The van der Waals surface area contributed by atoms with Crippen LogP contribution < -0.4 is 15.5 Å². The SMILES string of the molecule is COCCOCCOCCOCCOCCOCCOCCOCCOCCOCCOCCOCCOCCOCCOCCOCCOCCOCCOCCOCCOCCOCCOCCOCCNC(=O)CCCCC[N+]1=C(C=CC=CC=C2N(CCCCCC(=O)NCCCCCN3C(=O)C=CC3=O)c3ccc(C)cc3C2(C)C)C(C)(C)c2cc(S(=O)(=O)O)ccc21. The number of benzene rings is 2. The Morgan fingerprint density at radius 2 is 0.699 bits per heavy atom. The van der Waals surface area contributed by atoms with Crippen molar-refractivity contribution in [2.45, 2.75) is 121 Å². The molecule has 3 aliphatic heterocycles. The zero-order valence-corrected chi connectivity index (χ0v) is 81.3. The van der Waals surface area contributed by atoms with Gasteiger partial charge in [0.25, 0.3) is 21.9 Å². The first kappa shape index (κ1) is 117. The van der Waals surface area contributed by atoms with E-state index in [1.54, 1.807) is 19.2 Å². The molecule has 4 amide bonds. The number of nitrogens with one attached hydrogen (secondary N) is 2. The van der Waals surface area contributed by atoms with Crippen molar-refractivity contribution < 1.29 is 150 Å². The summed E-state index contributed by atoms with van der Waals surface area (Å²) in [5.41, 5.74) is 6.59. The van der Waals surface area contributed by atoms with E-state index in [1.165, 1.54) is 45.6 Å². The molecule has 0 bridgehead atoms.